The number of ether oxygens (including phenoxy) is 1. The van der Waals surface area contributed by atoms with E-state index in [0.29, 0.717) is 5.56 Å². The minimum Gasteiger partial charge on any atom is -0.507 e. The van der Waals surface area contributed by atoms with E-state index in [1.54, 1.807) is 20.8 Å². The lowest BCUT2D eigenvalue weighted by atomic mass is 10.0. The summed E-state index contributed by atoms with van der Waals surface area (Å²) in [7, 11) is 0. The van der Waals surface area contributed by atoms with E-state index in [-0.39, 0.29) is 11.8 Å². The van der Waals surface area contributed by atoms with Crippen LogP contribution in [0.3, 0.4) is 0 Å². The van der Waals surface area contributed by atoms with E-state index in [9.17, 15) is 9.90 Å². The molecule has 2 aromatic rings. The van der Waals surface area contributed by atoms with Crippen molar-refractivity contribution in [2.24, 2.45) is 0 Å². The molecule has 1 atom stereocenters. The molecule has 0 fully saturated rings. The molecular formula is C17H22N2O3. The fourth-order valence-electron chi connectivity index (χ4n) is 2.17. The molecule has 0 aliphatic rings. The molecule has 0 aromatic heterocycles. The third-order valence-corrected chi connectivity index (χ3v) is 3.19. The van der Waals surface area contributed by atoms with Crippen molar-refractivity contribution < 1.29 is 14.6 Å². The Morgan fingerprint density at radius 2 is 1.86 bits per heavy atom. The average Bonchev–Trinajstić information content (AvgIpc) is 2.44. The van der Waals surface area contributed by atoms with Gasteiger partial charge in [0.2, 0.25) is 0 Å². The highest BCUT2D eigenvalue weighted by Crippen LogP contribution is 2.32. The second-order valence-corrected chi connectivity index (χ2v) is 6.22. The summed E-state index contributed by atoms with van der Waals surface area (Å²) >= 11 is 0. The van der Waals surface area contributed by atoms with Gasteiger partial charge in [0.15, 0.2) is 0 Å². The maximum absolute atomic E-state index is 11.6. The van der Waals surface area contributed by atoms with Crippen LogP contribution >= 0.6 is 0 Å². The van der Waals surface area contributed by atoms with Crippen molar-refractivity contribution in [3.63, 3.8) is 0 Å². The summed E-state index contributed by atoms with van der Waals surface area (Å²) in [6, 6.07) is 11.1. The van der Waals surface area contributed by atoms with Gasteiger partial charge < -0.3 is 9.84 Å². The number of aromatic hydroxyl groups is 1. The monoisotopic (exact) mass is 302 g/mol. The summed E-state index contributed by atoms with van der Waals surface area (Å²) in [5.41, 5.74) is 5.48. The van der Waals surface area contributed by atoms with Crippen molar-refractivity contribution in [1.29, 1.82) is 0 Å². The van der Waals surface area contributed by atoms with Crippen LogP contribution in [0.4, 0.5) is 4.79 Å². The molecule has 0 heterocycles. The zero-order chi connectivity index (χ0) is 16.3. The lowest BCUT2D eigenvalue weighted by Gasteiger charge is -2.22. The molecule has 1 amide bonds. The normalized spacial score (nSPS) is 12.9. The number of phenols is 1. The van der Waals surface area contributed by atoms with E-state index in [2.05, 4.69) is 10.9 Å². The van der Waals surface area contributed by atoms with Gasteiger partial charge in [0.05, 0.1) is 6.04 Å². The highest BCUT2D eigenvalue weighted by molar-refractivity contribution is 5.89. The average molecular weight is 302 g/mol. The molecule has 0 bridgehead atoms. The smallest absolute Gasteiger partial charge is 0.422 e. The number of phenolic OH excluding ortho intramolecular Hbond substituents is 1. The number of carbonyl (C=O) groups excluding carboxylic acids is 1. The van der Waals surface area contributed by atoms with Crippen molar-refractivity contribution in [2.75, 3.05) is 0 Å². The Kier molecular flexibility index (Phi) is 4.56. The first-order valence-electron chi connectivity index (χ1n) is 7.23. The third-order valence-electron chi connectivity index (χ3n) is 3.19. The quantitative estimate of drug-likeness (QED) is 0.757. The lowest BCUT2D eigenvalue weighted by molar-refractivity contribution is 0.0489. The molecule has 1 unspecified atom stereocenters. The number of fused-ring (bicyclic) bond motifs is 1. The number of hydrogen-bond donors (Lipinski definition) is 3. The summed E-state index contributed by atoms with van der Waals surface area (Å²) < 4.78 is 5.15. The molecule has 0 saturated heterocycles. The number of hydrogen-bond acceptors (Lipinski definition) is 4. The van der Waals surface area contributed by atoms with E-state index >= 15 is 0 Å². The van der Waals surface area contributed by atoms with Gasteiger partial charge in [-0.25, -0.2) is 10.2 Å². The van der Waals surface area contributed by atoms with Gasteiger partial charge >= 0.3 is 6.09 Å². The zero-order valence-corrected chi connectivity index (χ0v) is 13.3. The van der Waals surface area contributed by atoms with E-state index in [0.717, 1.165) is 10.8 Å². The first-order valence-corrected chi connectivity index (χ1v) is 7.23. The molecule has 0 aliphatic heterocycles. The molecule has 0 radical (unpaired) electrons. The summed E-state index contributed by atoms with van der Waals surface area (Å²) in [5, 5.41) is 12.1. The van der Waals surface area contributed by atoms with Gasteiger partial charge in [-0.05, 0) is 33.1 Å². The maximum atomic E-state index is 11.6. The standard InChI is InChI=1S/C17H22N2O3/c1-11(18-19-16(21)22-17(2,3)4)13-10-9-12-7-5-6-8-14(12)15(13)20/h5-11,18,20H,1-4H3,(H,19,21). The number of hydrazine groups is 1. The number of nitrogens with one attached hydrogen (secondary N) is 2. The first-order chi connectivity index (χ1) is 10.3. The van der Waals surface area contributed by atoms with E-state index in [1.807, 2.05) is 43.3 Å². The molecule has 0 saturated carbocycles. The molecule has 2 aromatic carbocycles. The Morgan fingerprint density at radius 1 is 1.18 bits per heavy atom. The second kappa shape index (κ2) is 6.23. The van der Waals surface area contributed by atoms with Crippen LogP contribution in [0.5, 0.6) is 5.75 Å². The minimum atomic E-state index is -0.556. The van der Waals surface area contributed by atoms with Crippen LogP contribution in [0, 0.1) is 0 Å². The van der Waals surface area contributed by atoms with Crippen molar-refractivity contribution in [1.82, 2.24) is 10.9 Å². The van der Waals surface area contributed by atoms with Gasteiger partial charge in [-0.3, -0.25) is 5.43 Å². The lowest BCUT2D eigenvalue weighted by Crippen LogP contribution is -2.42. The summed E-state index contributed by atoms with van der Waals surface area (Å²) in [6.45, 7) is 7.24. The molecule has 5 heteroatoms. The van der Waals surface area contributed by atoms with E-state index in [4.69, 9.17) is 4.74 Å². The fraction of sp³-hybridized carbons (Fsp3) is 0.353. The predicted octanol–water partition coefficient (Wildman–Crippen LogP) is 3.64. The topological polar surface area (TPSA) is 70.6 Å². The Bertz CT molecular complexity index is 677. The predicted molar refractivity (Wildman–Crippen MR) is 86.5 cm³/mol. The van der Waals surface area contributed by atoms with Crippen LogP contribution in [0.25, 0.3) is 10.8 Å². The Morgan fingerprint density at radius 3 is 2.55 bits per heavy atom. The van der Waals surface area contributed by atoms with Gasteiger partial charge in [0.1, 0.15) is 11.4 Å². The summed E-state index contributed by atoms with van der Waals surface area (Å²) in [4.78, 5) is 11.6. The maximum Gasteiger partial charge on any atom is 0.422 e. The van der Waals surface area contributed by atoms with Crippen LogP contribution in [0.1, 0.15) is 39.3 Å². The van der Waals surface area contributed by atoms with Crippen LogP contribution in [-0.4, -0.2) is 16.8 Å². The van der Waals surface area contributed by atoms with Gasteiger partial charge in [-0.1, -0.05) is 36.4 Å². The Balaban J connectivity index is 2.08. The molecular weight excluding hydrogens is 280 g/mol. The Hall–Kier alpha value is -2.27. The summed E-state index contributed by atoms with van der Waals surface area (Å²) in [5.74, 6) is 0.212. The van der Waals surface area contributed by atoms with E-state index < -0.39 is 11.7 Å². The highest BCUT2D eigenvalue weighted by atomic mass is 16.6. The van der Waals surface area contributed by atoms with Gasteiger partial charge in [0, 0.05) is 10.9 Å². The molecule has 0 spiro atoms. The molecule has 118 valence electrons. The van der Waals surface area contributed by atoms with E-state index in [1.165, 1.54) is 0 Å². The SMILES string of the molecule is CC(NNC(=O)OC(C)(C)C)c1ccc2ccccc2c1O. The molecule has 0 aliphatic carbocycles. The van der Waals surface area contributed by atoms with Crippen molar-refractivity contribution in [3.05, 3.63) is 42.0 Å². The zero-order valence-electron chi connectivity index (χ0n) is 13.3. The van der Waals surface area contributed by atoms with Gasteiger partial charge in [0.25, 0.3) is 0 Å². The van der Waals surface area contributed by atoms with Crippen LogP contribution < -0.4 is 10.9 Å². The second-order valence-electron chi connectivity index (χ2n) is 6.22. The number of carbonyl (C=O) groups is 1. The third kappa shape index (κ3) is 3.89. The fourth-order valence-corrected chi connectivity index (χ4v) is 2.17. The van der Waals surface area contributed by atoms with Crippen molar-refractivity contribution >= 4 is 16.9 Å². The van der Waals surface area contributed by atoms with Crippen LogP contribution in [0.15, 0.2) is 36.4 Å². The Labute approximate surface area is 130 Å². The highest BCUT2D eigenvalue weighted by Gasteiger charge is 2.18. The summed E-state index contributed by atoms with van der Waals surface area (Å²) in [6.07, 6.45) is -0.556. The number of rotatable bonds is 3. The number of benzene rings is 2. The molecule has 5 nitrogen and oxygen atoms in total. The van der Waals surface area contributed by atoms with Crippen LogP contribution in [0.2, 0.25) is 0 Å². The van der Waals surface area contributed by atoms with Crippen LogP contribution in [-0.2, 0) is 4.74 Å². The van der Waals surface area contributed by atoms with Crippen molar-refractivity contribution in [2.45, 2.75) is 39.3 Å². The van der Waals surface area contributed by atoms with Crippen molar-refractivity contribution in [3.8, 4) is 5.75 Å². The first kappa shape index (κ1) is 16.1. The van der Waals surface area contributed by atoms with Gasteiger partial charge in [-0.2, -0.15) is 0 Å². The van der Waals surface area contributed by atoms with Gasteiger partial charge in [-0.15, -0.1) is 0 Å². The molecule has 22 heavy (non-hydrogen) atoms. The largest absolute Gasteiger partial charge is 0.507 e. The number of amides is 1. The molecule has 2 rings (SSSR count). The minimum absolute atomic E-state index is 0.212. The molecule has 3 N–H and O–H groups in total.